The predicted molar refractivity (Wildman–Crippen MR) is 115 cm³/mol. The van der Waals surface area contributed by atoms with Crippen LogP contribution >= 0.6 is 0 Å². The minimum Gasteiger partial charge on any atom is -0.451 e. The first-order chi connectivity index (χ1) is 16.0. The van der Waals surface area contributed by atoms with Gasteiger partial charge in [0.1, 0.15) is 13.1 Å². The number of rotatable bonds is 6. The van der Waals surface area contributed by atoms with Gasteiger partial charge in [0.25, 0.3) is 5.91 Å². The van der Waals surface area contributed by atoms with Gasteiger partial charge in [-0.25, -0.2) is 4.79 Å². The zero-order valence-electron chi connectivity index (χ0n) is 17.9. The number of hydrogen-bond acceptors (Lipinski definition) is 5. The third-order valence-corrected chi connectivity index (χ3v) is 4.80. The van der Waals surface area contributed by atoms with E-state index in [4.69, 9.17) is 4.74 Å². The summed E-state index contributed by atoms with van der Waals surface area (Å²) in [6.45, 7) is 0.512. The minimum absolute atomic E-state index is 0.0407. The SMILES string of the molecule is C[C@@H](OC(=O)CNC(=O)NCc1ccccc1)C(=O)N1CC(=O)Nc2cc(C(F)(F)F)ccc21. The molecule has 0 unspecified atom stereocenters. The van der Waals surface area contributed by atoms with Crippen LogP contribution in [0.15, 0.2) is 48.5 Å². The van der Waals surface area contributed by atoms with Crippen molar-refractivity contribution in [3.05, 3.63) is 59.7 Å². The van der Waals surface area contributed by atoms with Crippen LogP contribution in [0.1, 0.15) is 18.1 Å². The fourth-order valence-corrected chi connectivity index (χ4v) is 3.16. The molecule has 0 spiro atoms. The van der Waals surface area contributed by atoms with E-state index in [9.17, 15) is 32.3 Å². The molecule has 1 atom stereocenters. The Balaban J connectivity index is 1.55. The van der Waals surface area contributed by atoms with Gasteiger partial charge in [0, 0.05) is 6.54 Å². The van der Waals surface area contributed by atoms with Crippen LogP contribution in [0.5, 0.6) is 0 Å². The van der Waals surface area contributed by atoms with Crippen molar-refractivity contribution in [2.75, 3.05) is 23.3 Å². The number of hydrogen-bond donors (Lipinski definition) is 3. The van der Waals surface area contributed by atoms with E-state index in [0.717, 1.165) is 28.7 Å². The highest BCUT2D eigenvalue weighted by molar-refractivity contribution is 6.11. The number of fused-ring (bicyclic) bond motifs is 1. The molecular formula is C22H21F3N4O5. The molecule has 12 heteroatoms. The Morgan fingerprint density at radius 3 is 2.50 bits per heavy atom. The maximum Gasteiger partial charge on any atom is 0.416 e. The molecule has 34 heavy (non-hydrogen) atoms. The number of halogens is 3. The van der Waals surface area contributed by atoms with E-state index >= 15 is 0 Å². The van der Waals surface area contributed by atoms with Crippen LogP contribution in [0.25, 0.3) is 0 Å². The van der Waals surface area contributed by atoms with Crippen molar-refractivity contribution >= 4 is 35.2 Å². The van der Waals surface area contributed by atoms with Crippen molar-refractivity contribution in [1.29, 1.82) is 0 Å². The van der Waals surface area contributed by atoms with Crippen LogP contribution in [0, 0.1) is 0 Å². The van der Waals surface area contributed by atoms with Gasteiger partial charge >= 0.3 is 18.2 Å². The van der Waals surface area contributed by atoms with E-state index in [1.54, 1.807) is 0 Å². The first kappa shape index (κ1) is 24.6. The predicted octanol–water partition coefficient (Wildman–Crippen LogP) is 2.42. The molecular weight excluding hydrogens is 457 g/mol. The molecule has 4 amide bonds. The molecule has 2 aromatic carbocycles. The summed E-state index contributed by atoms with van der Waals surface area (Å²) in [5.41, 5.74) is -0.279. The molecule has 0 radical (unpaired) electrons. The van der Waals surface area contributed by atoms with Crippen LogP contribution in [-0.2, 0) is 31.8 Å². The van der Waals surface area contributed by atoms with Crippen molar-refractivity contribution in [2.45, 2.75) is 25.7 Å². The van der Waals surface area contributed by atoms with E-state index in [2.05, 4.69) is 16.0 Å². The highest BCUT2D eigenvalue weighted by Gasteiger charge is 2.35. The molecule has 3 N–H and O–H groups in total. The Morgan fingerprint density at radius 2 is 1.82 bits per heavy atom. The Labute approximate surface area is 192 Å². The molecule has 180 valence electrons. The van der Waals surface area contributed by atoms with Gasteiger partial charge < -0.3 is 20.7 Å². The van der Waals surface area contributed by atoms with Gasteiger partial charge in [-0.3, -0.25) is 19.3 Å². The van der Waals surface area contributed by atoms with Gasteiger partial charge in [0.05, 0.1) is 16.9 Å². The quantitative estimate of drug-likeness (QED) is 0.552. The van der Waals surface area contributed by atoms with E-state index in [1.807, 2.05) is 30.3 Å². The molecule has 0 aromatic heterocycles. The number of esters is 1. The highest BCUT2D eigenvalue weighted by Crippen LogP contribution is 2.37. The van der Waals surface area contributed by atoms with Gasteiger partial charge in [-0.1, -0.05) is 30.3 Å². The van der Waals surface area contributed by atoms with E-state index < -0.39 is 54.7 Å². The summed E-state index contributed by atoms with van der Waals surface area (Å²) >= 11 is 0. The van der Waals surface area contributed by atoms with Crippen LogP contribution in [0.4, 0.5) is 29.3 Å². The molecule has 1 heterocycles. The molecule has 2 aromatic rings. The Hall–Kier alpha value is -4.09. The van der Waals surface area contributed by atoms with Gasteiger partial charge in [-0.2, -0.15) is 13.2 Å². The Bertz CT molecular complexity index is 1090. The third kappa shape index (κ3) is 6.24. The third-order valence-electron chi connectivity index (χ3n) is 4.80. The number of nitrogens with one attached hydrogen (secondary N) is 3. The van der Waals surface area contributed by atoms with Crippen molar-refractivity contribution in [3.63, 3.8) is 0 Å². The lowest BCUT2D eigenvalue weighted by molar-refractivity contribution is -0.152. The van der Waals surface area contributed by atoms with Gasteiger partial charge in [-0.15, -0.1) is 0 Å². The Kier molecular flexibility index (Phi) is 7.39. The van der Waals surface area contributed by atoms with Crippen LogP contribution < -0.4 is 20.9 Å². The summed E-state index contributed by atoms with van der Waals surface area (Å²) in [7, 11) is 0. The number of benzene rings is 2. The van der Waals surface area contributed by atoms with Crippen LogP contribution in [-0.4, -0.2) is 43.0 Å². The minimum atomic E-state index is -4.63. The molecule has 0 fully saturated rings. The summed E-state index contributed by atoms with van der Waals surface area (Å²) in [6.07, 6.45) is -5.99. The molecule has 0 aliphatic carbocycles. The van der Waals surface area contributed by atoms with E-state index in [-0.39, 0.29) is 17.9 Å². The highest BCUT2D eigenvalue weighted by atomic mass is 19.4. The number of carbonyl (C=O) groups is 4. The first-order valence-corrected chi connectivity index (χ1v) is 10.1. The lowest BCUT2D eigenvalue weighted by Crippen LogP contribution is -2.47. The van der Waals surface area contributed by atoms with Gasteiger partial charge in [0.2, 0.25) is 5.91 Å². The van der Waals surface area contributed by atoms with Crippen molar-refractivity contribution < 1.29 is 37.1 Å². The summed E-state index contributed by atoms with van der Waals surface area (Å²) in [4.78, 5) is 49.5. The number of nitrogens with zero attached hydrogens (tertiary/aromatic N) is 1. The zero-order valence-corrected chi connectivity index (χ0v) is 17.9. The lowest BCUT2D eigenvalue weighted by atomic mass is 10.1. The molecule has 0 bridgehead atoms. The summed E-state index contributed by atoms with van der Waals surface area (Å²) in [5, 5.41) is 7.15. The smallest absolute Gasteiger partial charge is 0.416 e. The number of anilines is 2. The molecule has 1 aliphatic heterocycles. The number of amides is 4. The summed E-state index contributed by atoms with van der Waals surface area (Å²) in [5.74, 6) is -2.42. The first-order valence-electron chi connectivity index (χ1n) is 10.1. The van der Waals surface area contributed by atoms with Crippen LogP contribution in [0.3, 0.4) is 0 Å². The average Bonchev–Trinajstić information content (AvgIpc) is 2.80. The number of urea groups is 1. The molecule has 1 aliphatic rings. The second-order valence-corrected chi connectivity index (χ2v) is 7.36. The van der Waals surface area contributed by atoms with Crippen LogP contribution in [0.2, 0.25) is 0 Å². The summed E-state index contributed by atoms with van der Waals surface area (Å²) in [6, 6.07) is 11.0. The van der Waals surface area contributed by atoms with Gasteiger partial charge in [0.15, 0.2) is 6.10 Å². The topological polar surface area (TPSA) is 117 Å². The zero-order chi connectivity index (χ0) is 24.9. The number of carbonyl (C=O) groups excluding carboxylic acids is 4. The average molecular weight is 478 g/mol. The van der Waals surface area contributed by atoms with Crippen molar-refractivity contribution in [2.24, 2.45) is 0 Å². The standard InChI is InChI=1S/C22H21F3N4O5/c1-13(34-19(31)11-27-21(33)26-10-14-5-3-2-4-6-14)20(32)29-12-18(30)28-16-9-15(22(23,24)25)7-8-17(16)29/h2-9,13H,10-12H2,1H3,(H,28,30)(H2,26,27,33)/t13-/m1/s1. The fourth-order valence-electron chi connectivity index (χ4n) is 3.16. The summed E-state index contributed by atoms with van der Waals surface area (Å²) < 4.78 is 43.9. The largest absolute Gasteiger partial charge is 0.451 e. The molecule has 0 saturated carbocycles. The molecule has 9 nitrogen and oxygen atoms in total. The van der Waals surface area contributed by atoms with E-state index in [1.165, 1.54) is 6.92 Å². The van der Waals surface area contributed by atoms with E-state index in [0.29, 0.717) is 0 Å². The Morgan fingerprint density at radius 1 is 1.12 bits per heavy atom. The number of alkyl halides is 3. The normalized spacial score (nSPS) is 13.9. The molecule has 0 saturated heterocycles. The maximum atomic E-state index is 13.0. The monoisotopic (exact) mass is 478 g/mol. The number of ether oxygens (including phenoxy) is 1. The van der Waals surface area contributed by atoms with Gasteiger partial charge in [-0.05, 0) is 30.7 Å². The van der Waals surface area contributed by atoms with Crippen molar-refractivity contribution in [3.8, 4) is 0 Å². The maximum absolute atomic E-state index is 13.0. The second kappa shape index (κ2) is 10.2. The fraction of sp³-hybridized carbons (Fsp3) is 0.273. The van der Waals surface area contributed by atoms with Crippen molar-refractivity contribution in [1.82, 2.24) is 10.6 Å². The lowest BCUT2D eigenvalue weighted by Gasteiger charge is -2.31. The second-order valence-electron chi connectivity index (χ2n) is 7.36. The molecule has 3 rings (SSSR count).